The molecule has 8 rings (SSSR count). The Kier molecular flexibility index (Phi) is 12.5. The van der Waals surface area contributed by atoms with Crippen LogP contribution in [0.2, 0.25) is 0 Å². The Morgan fingerprint density at radius 3 is 1.09 bits per heavy atom. The zero-order chi connectivity index (χ0) is 37.1. The summed E-state index contributed by atoms with van der Waals surface area (Å²) < 4.78 is 34.8. The van der Waals surface area contributed by atoms with Crippen molar-refractivity contribution in [1.29, 1.82) is 0 Å². The summed E-state index contributed by atoms with van der Waals surface area (Å²) in [6, 6.07) is 8.08. The normalized spacial score (nSPS) is 23.4. The Bertz CT molecular complexity index is 1660. The third-order valence-corrected chi connectivity index (χ3v) is 11.2. The Morgan fingerprint density at radius 2 is 0.815 bits per heavy atom. The average Bonchev–Trinajstić information content (AvgIpc) is 3.48. The van der Waals surface area contributed by atoms with Crippen LogP contribution in [0.3, 0.4) is 0 Å². The first-order chi connectivity index (χ1) is 24.7. The van der Waals surface area contributed by atoms with Crippen molar-refractivity contribution in [3.05, 3.63) is 80.3 Å². The van der Waals surface area contributed by atoms with Crippen LogP contribution in [-0.4, -0.2) is 103 Å². The van der Waals surface area contributed by atoms with Crippen molar-refractivity contribution >= 4 is 23.0 Å². The van der Waals surface area contributed by atoms with Crippen LogP contribution in [0, 0.1) is 41.5 Å². The minimum absolute atomic E-state index is 0. The Morgan fingerprint density at radius 1 is 0.537 bits per heavy atom. The fourth-order valence-corrected chi connectivity index (χ4v) is 8.53. The number of nitrogens with one attached hydrogen (secondary N) is 2. The molecule has 0 saturated carbocycles. The summed E-state index contributed by atoms with van der Waals surface area (Å²) in [6.07, 6.45) is 2.63. The monoisotopic (exact) mass is 758 g/mol. The van der Waals surface area contributed by atoms with Crippen molar-refractivity contribution in [1.82, 2.24) is 10.6 Å². The molecule has 0 unspecified atom stereocenters. The van der Waals surface area contributed by atoms with Gasteiger partial charge in [-0.1, -0.05) is 35.4 Å². The van der Waals surface area contributed by atoms with E-state index < -0.39 is 22.7 Å². The smallest absolute Gasteiger partial charge is 0.870 e. The van der Waals surface area contributed by atoms with Gasteiger partial charge in [0, 0.05) is 25.7 Å². The second-order valence-electron chi connectivity index (χ2n) is 15.3. The Labute approximate surface area is 338 Å². The molecule has 14 heteroatoms. The van der Waals surface area contributed by atoms with Crippen molar-refractivity contribution < 1.29 is 83.3 Å². The molecule has 2 aromatic rings. The number of benzene rings is 2. The van der Waals surface area contributed by atoms with E-state index in [1.54, 1.807) is 0 Å². The molecule has 0 bridgehead atoms. The van der Waals surface area contributed by atoms with Crippen molar-refractivity contribution in [2.24, 2.45) is 0 Å². The minimum Gasteiger partial charge on any atom is -0.870 e. The molecule has 5 N–H and O–H groups in total. The third-order valence-electron chi connectivity index (χ3n) is 11.2. The quantitative estimate of drug-likeness (QED) is 0.325. The van der Waals surface area contributed by atoms with Crippen molar-refractivity contribution in [3.63, 3.8) is 0 Å². The van der Waals surface area contributed by atoms with Crippen LogP contribution in [0.5, 0.6) is 0 Å². The molecule has 4 saturated heterocycles. The van der Waals surface area contributed by atoms with E-state index in [9.17, 15) is 19.8 Å². The van der Waals surface area contributed by atoms with Gasteiger partial charge in [-0.15, -0.1) is 0 Å². The molecular formula is C40H51N2NaO11. The molecule has 2 aromatic carbocycles. The van der Waals surface area contributed by atoms with E-state index in [1.807, 2.05) is 65.8 Å². The molecule has 6 heterocycles. The molecule has 0 aromatic heterocycles. The summed E-state index contributed by atoms with van der Waals surface area (Å²) in [4.78, 5) is 25.5. The Hall–Kier alpha value is -2.82. The zero-order valence-electron chi connectivity index (χ0n) is 32.4. The second kappa shape index (κ2) is 16.0. The van der Waals surface area contributed by atoms with Gasteiger partial charge < -0.3 is 54.7 Å². The van der Waals surface area contributed by atoms with Gasteiger partial charge in [-0.3, -0.25) is 9.59 Å². The molecule has 0 atom stereocenters. The molecule has 288 valence electrons. The van der Waals surface area contributed by atoms with Crippen molar-refractivity contribution in [2.75, 3.05) is 52.9 Å². The molecule has 54 heavy (non-hydrogen) atoms. The van der Waals surface area contributed by atoms with Crippen molar-refractivity contribution in [3.8, 4) is 0 Å². The predicted molar refractivity (Wildman–Crippen MR) is 193 cm³/mol. The van der Waals surface area contributed by atoms with Crippen LogP contribution in [0.15, 0.2) is 35.8 Å². The molecule has 4 fully saturated rings. The number of amides is 2. The molecule has 2 amide bonds. The number of hydrogen-bond donors (Lipinski definition) is 4. The van der Waals surface area contributed by atoms with Gasteiger partial charge >= 0.3 is 29.6 Å². The fourth-order valence-electron chi connectivity index (χ4n) is 8.53. The molecular weight excluding hydrogens is 707 g/mol. The summed E-state index contributed by atoms with van der Waals surface area (Å²) in [6.45, 7) is 15.0. The second-order valence-corrected chi connectivity index (χ2v) is 15.3. The van der Waals surface area contributed by atoms with E-state index in [-0.39, 0.29) is 84.8 Å². The van der Waals surface area contributed by atoms with Gasteiger partial charge in [0.1, 0.15) is 22.6 Å². The summed E-state index contributed by atoms with van der Waals surface area (Å²) in [5.41, 5.74) is 6.33. The fraction of sp³-hybridized carbons (Fsp3) is 0.550. The van der Waals surface area contributed by atoms with E-state index >= 15 is 0 Å². The maximum atomic E-state index is 12.8. The van der Waals surface area contributed by atoms with Gasteiger partial charge in [-0.2, -0.15) is 0 Å². The first kappa shape index (κ1) is 42.3. The molecule has 6 aliphatic rings. The zero-order valence-corrected chi connectivity index (χ0v) is 34.4. The topological polar surface area (TPSA) is 184 Å². The largest absolute Gasteiger partial charge is 1.00 e. The van der Waals surface area contributed by atoms with Gasteiger partial charge in [0.25, 0.3) is 11.8 Å². The molecule has 13 nitrogen and oxygen atoms in total. The van der Waals surface area contributed by atoms with Gasteiger partial charge in [-0.25, -0.2) is 0 Å². The SMILES string of the molecule is Cc1cc(C)c(C2=C(O)C3(COC4(CCOCC4)OC3)NC2=O)c(C)c1.Cc1cc(C)c(C2=C(O)C3(COC4(CCOCC4)OC3)NC2=O)c(C)c1.[Na+].[OH-]. The average molecular weight is 759 g/mol. The van der Waals surface area contributed by atoms with Crippen LogP contribution in [0.1, 0.15) is 70.2 Å². The number of aliphatic hydroxyl groups is 2. The van der Waals surface area contributed by atoms with Crippen LogP contribution in [0.4, 0.5) is 0 Å². The molecule has 6 aliphatic heterocycles. The number of hydrogen-bond acceptors (Lipinski definition) is 11. The van der Waals surface area contributed by atoms with E-state index in [0.29, 0.717) is 63.3 Å². The standard InChI is InChI=1S/2C20H25NO5.Na.H2O/c2*1-12-8-13(2)15(14(3)9-12)16-17(22)19(21-18(16)23)10-25-20(26-11-19)4-6-24-7-5-20;;/h2*8-9,22H,4-7,10-11H2,1-3H3,(H,21,23);;1H2/q;;+1;/p-1. The van der Waals surface area contributed by atoms with E-state index in [1.165, 1.54) is 0 Å². The maximum Gasteiger partial charge on any atom is 1.00 e. The first-order valence-electron chi connectivity index (χ1n) is 18.1. The van der Waals surface area contributed by atoms with Gasteiger partial charge in [0.2, 0.25) is 0 Å². The van der Waals surface area contributed by atoms with E-state index in [0.717, 1.165) is 44.5 Å². The van der Waals surface area contributed by atoms with Crippen LogP contribution < -0.4 is 40.2 Å². The minimum atomic E-state index is -1.01. The van der Waals surface area contributed by atoms with E-state index in [4.69, 9.17) is 28.4 Å². The maximum absolute atomic E-state index is 12.8. The molecule has 4 spiro atoms. The molecule has 0 aliphatic carbocycles. The number of aliphatic hydroxyl groups excluding tert-OH is 2. The van der Waals surface area contributed by atoms with Gasteiger partial charge in [-0.05, 0) is 74.9 Å². The number of rotatable bonds is 2. The van der Waals surface area contributed by atoms with Crippen molar-refractivity contribution in [2.45, 2.75) is 89.9 Å². The predicted octanol–water partition coefficient (Wildman–Crippen LogP) is 1.43. The number of aryl methyl sites for hydroxylation is 6. The summed E-state index contributed by atoms with van der Waals surface area (Å²) in [7, 11) is 0. The Balaban J connectivity index is 0.000000200. The third kappa shape index (κ3) is 7.52. The van der Waals surface area contributed by atoms with Crippen LogP contribution in [0.25, 0.3) is 11.1 Å². The number of carbonyl (C=O) groups is 2. The summed E-state index contributed by atoms with van der Waals surface area (Å²) >= 11 is 0. The van der Waals surface area contributed by atoms with Crippen LogP contribution in [-0.2, 0) is 38.0 Å². The summed E-state index contributed by atoms with van der Waals surface area (Å²) in [5, 5.41) is 27.8. The van der Waals surface area contributed by atoms with Crippen LogP contribution >= 0.6 is 0 Å². The number of carbonyl (C=O) groups excluding carboxylic acids is 2. The first-order valence-corrected chi connectivity index (χ1v) is 18.1. The van der Waals surface area contributed by atoms with Gasteiger partial charge in [0.05, 0.1) is 64.0 Å². The van der Waals surface area contributed by atoms with E-state index in [2.05, 4.69) is 10.6 Å². The molecule has 0 radical (unpaired) electrons. The van der Waals surface area contributed by atoms with Gasteiger partial charge in [0.15, 0.2) is 11.6 Å². The summed E-state index contributed by atoms with van der Waals surface area (Å²) in [5.74, 6) is -1.86. The number of ether oxygens (including phenoxy) is 6.